The second-order valence-corrected chi connectivity index (χ2v) is 3.37. The predicted molar refractivity (Wildman–Crippen MR) is 61.9 cm³/mol. The van der Waals surface area contributed by atoms with Gasteiger partial charge in [0.2, 0.25) is 0 Å². The quantitative estimate of drug-likeness (QED) is 0.799. The van der Waals surface area contributed by atoms with Gasteiger partial charge in [0, 0.05) is 13.6 Å². The highest BCUT2D eigenvalue weighted by molar-refractivity contribution is 5.70. The van der Waals surface area contributed by atoms with E-state index in [0.29, 0.717) is 18.0 Å². The van der Waals surface area contributed by atoms with Crippen molar-refractivity contribution in [1.82, 2.24) is 4.90 Å². The molecule has 1 aromatic carbocycles. The SMILES string of the molecule is COc1ccc(OC(=O)N(C)CCC#N)cc1. The maximum Gasteiger partial charge on any atom is 0.414 e. The standard InChI is InChI=1S/C12H14N2O3/c1-14(9-3-8-13)12(15)17-11-6-4-10(16-2)5-7-11/h4-7H,3,9H2,1-2H3. The molecular weight excluding hydrogens is 220 g/mol. The number of carbonyl (C=O) groups is 1. The molecule has 0 saturated heterocycles. The Bertz CT molecular complexity index is 409. The Kier molecular flexibility index (Phi) is 4.82. The lowest BCUT2D eigenvalue weighted by atomic mass is 10.3. The number of hydrogen-bond acceptors (Lipinski definition) is 4. The van der Waals surface area contributed by atoms with Crippen LogP contribution in [-0.2, 0) is 0 Å². The van der Waals surface area contributed by atoms with Gasteiger partial charge < -0.3 is 14.4 Å². The Balaban J connectivity index is 2.52. The molecule has 90 valence electrons. The summed E-state index contributed by atoms with van der Waals surface area (Å²) < 4.78 is 10.1. The number of nitrogens with zero attached hydrogens (tertiary/aromatic N) is 2. The summed E-state index contributed by atoms with van der Waals surface area (Å²) in [6.07, 6.45) is -0.195. The molecule has 1 aromatic rings. The summed E-state index contributed by atoms with van der Waals surface area (Å²) >= 11 is 0. The second kappa shape index (κ2) is 6.38. The molecule has 1 rings (SSSR count). The summed E-state index contributed by atoms with van der Waals surface area (Å²) in [5.74, 6) is 1.14. The lowest BCUT2D eigenvalue weighted by Gasteiger charge is -2.15. The van der Waals surface area contributed by atoms with Crippen molar-refractivity contribution in [3.8, 4) is 17.6 Å². The Morgan fingerprint density at radius 2 is 1.94 bits per heavy atom. The smallest absolute Gasteiger partial charge is 0.414 e. The van der Waals surface area contributed by atoms with Crippen LogP contribution in [0.4, 0.5) is 4.79 Å². The largest absolute Gasteiger partial charge is 0.497 e. The van der Waals surface area contributed by atoms with Crippen molar-refractivity contribution in [3.05, 3.63) is 24.3 Å². The monoisotopic (exact) mass is 234 g/mol. The number of nitriles is 1. The molecule has 0 aliphatic heterocycles. The number of carbonyl (C=O) groups excluding carboxylic acids is 1. The first-order valence-corrected chi connectivity index (χ1v) is 5.11. The van der Waals surface area contributed by atoms with Crippen molar-refractivity contribution in [2.24, 2.45) is 0 Å². The highest BCUT2D eigenvalue weighted by Gasteiger charge is 2.10. The zero-order valence-corrected chi connectivity index (χ0v) is 9.84. The van der Waals surface area contributed by atoms with Gasteiger partial charge in [0.1, 0.15) is 11.5 Å². The van der Waals surface area contributed by atoms with Crippen LogP contribution in [0.25, 0.3) is 0 Å². The third kappa shape index (κ3) is 4.03. The molecule has 0 N–H and O–H groups in total. The highest BCUT2D eigenvalue weighted by Crippen LogP contribution is 2.17. The van der Waals surface area contributed by atoms with Crippen LogP contribution < -0.4 is 9.47 Å². The van der Waals surface area contributed by atoms with Crippen molar-refractivity contribution >= 4 is 6.09 Å². The van der Waals surface area contributed by atoms with Gasteiger partial charge in [-0.3, -0.25) is 0 Å². The molecule has 0 radical (unpaired) electrons. The predicted octanol–water partition coefficient (Wildman–Crippen LogP) is 2.04. The number of amides is 1. The second-order valence-electron chi connectivity index (χ2n) is 3.37. The lowest BCUT2D eigenvalue weighted by Crippen LogP contribution is -2.30. The summed E-state index contributed by atoms with van der Waals surface area (Å²) in [5.41, 5.74) is 0. The molecular formula is C12H14N2O3. The van der Waals surface area contributed by atoms with Crippen LogP contribution in [0.15, 0.2) is 24.3 Å². The van der Waals surface area contributed by atoms with E-state index in [1.54, 1.807) is 38.4 Å². The fourth-order valence-corrected chi connectivity index (χ4v) is 1.13. The van der Waals surface area contributed by atoms with Crippen LogP contribution in [0.3, 0.4) is 0 Å². The van der Waals surface area contributed by atoms with Gasteiger partial charge in [0.25, 0.3) is 0 Å². The molecule has 0 unspecified atom stereocenters. The van der Waals surface area contributed by atoms with Crippen molar-refractivity contribution in [2.75, 3.05) is 20.7 Å². The Morgan fingerprint density at radius 1 is 1.35 bits per heavy atom. The van der Waals surface area contributed by atoms with Gasteiger partial charge in [-0.15, -0.1) is 0 Å². The first kappa shape index (κ1) is 12.8. The maximum atomic E-state index is 11.5. The van der Waals surface area contributed by atoms with Gasteiger partial charge in [-0.1, -0.05) is 0 Å². The van der Waals surface area contributed by atoms with Crippen molar-refractivity contribution in [3.63, 3.8) is 0 Å². The third-order valence-corrected chi connectivity index (χ3v) is 2.14. The Labute approximate surface area is 100 Å². The average molecular weight is 234 g/mol. The summed E-state index contributed by atoms with van der Waals surface area (Å²) in [5, 5.41) is 8.40. The van der Waals surface area contributed by atoms with Gasteiger partial charge in [0.15, 0.2) is 0 Å². The number of ether oxygens (including phenoxy) is 2. The molecule has 0 bridgehead atoms. The third-order valence-electron chi connectivity index (χ3n) is 2.14. The van der Waals surface area contributed by atoms with Crippen molar-refractivity contribution in [1.29, 1.82) is 5.26 Å². The average Bonchev–Trinajstić information content (AvgIpc) is 2.36. The van der Waals surface area contributed by atoms with Gasteiger partial charge >= 0.3 is 6.09 Å². The molecule has 5 nitrogen and oxygen atoms in total. The topological polar surface area (TPSA) is 62.6 Å². The number of methoxy groups -OCH3 is 1. The van der Waals surface area contributed by atoms with Gasteiger partial charge in [-0.05, 0) is 24.3 Å². The summed E-state index contributed by atoms with van der Waals surface area (Å²) in [6.45, 7) is 0.353. The molecule has 0 aromatic heterocycles. The van der Waals surface area contributed by atoms with Crippen LogP contribution in [-0.4, -0.2) is 31.7 Å². The first-order chi connectivity index (χ1) is 8.17. The van der Waals surface area contributed by atoms with Gasteiger partial charge in [-0.2, -0.15) is 5.26 Å². The minimum Gasteiger partial charge on any atom is -0.497 e. The maximum absolute atomic E-state index is 11.5. The molecule has 1 amide bonds. The minimum atomic E-state index is -0.481. The van der Waals surface area contributed by atoms with E-state index in [0.717, 1.165) is 0 Å². The van der Waals surface area contributed by atoms with Crippen LogP contribution >= 0.6 is 0 Å². The molecule has 0 spiro atoms. The van der Waals surface area contributed by atoms with Crippen LogP contribution in [0.5, 0.6) is 11.5 Å². The van der Waals surface area contributed by atoms with Crippen LogP contribution in [0.1, 0.15) is 6.42 Å². The van der Waals surface area contributed by atoms with E-state index in [-0.39, 0.29) is 6.42 Å². The van der Waals surface area contributed by atoms with E-state index in [4.69, 9.17) is 14.7 Å². The van der Waals surface area contributed by atoms with E-state index in [9.17, 15) is 4.79 Å². The van der Waals surface area contributed by atoms with Crippen molar-refractivity contribution in [2.45, 2.75) is 6.42 Å². The highest BCUT2D eigenvalue weighted by atomic mass is 16.6. The van der Waals surface area contributed by atoms with E-state index in [1.165, 1.54) is 4.90 Å². The number of benzene rings is 1. The molecule has 0 heterocycles. The van der Waals surface area contributed by atoms with E-state index in [1.807, 2.05) is 6.07 Å². The fourth-order valence-electron chi connectivity index (χ4n) is 1.13. The van der Waals surface area contributed by atoms with Crippen LogP contribution in [0, 0.1) is 11.3 Å². The van der Waals surface area contributed by atoms with Gasteiger partial charge in [-0.25, -0.2) is 4.79 Å². The van der Waals surface area contributed by atoms with Crippen LogP contribution in [0.2, 0.25) is 0 Å². The first-order valence-electron chi connectivity index (χ1n) is 5.11. The van der Waals surface area contributed by atoms with E-state index < -0.39 is 6.09 Å². The summed E-state index contributed by atoms with van der Waals surface area (Å²) in [4.78, 5) is 12.9. The van der Waals surface area contributed by atoms with Crippen molar-refractivity contribution < 1.29 is 14.3 Å². The number of hydrogen-bond donors (Lipinski definition) is 0. The Morgan fingerprint density at radius 3 is 2.47 bits per heavy atom. The summed E-state index contributed by atoms with van der Waals surface area (Å²) in [6, 6.07) is 8.67. The molecule has 0 saturated carbocycles. The van der Waals surface area contributed by atoms with Gasteiger partial charge in [0.05, 0.1) is 19.6 Å². The lowest BCUT2D eigenvalue weighted by molar-refractivity contribution is 0.164. The zero-order chi connectivity index (χ0) is 12.7. The Hall–Kier alpha value is -2.22. The minimum absolute atomic E-state index is 0.286. The van der Waals surface area contributed by atoms with E-state index >= 15 is 0 Å². The molecule has 17 heavy (non-hydrogen) atoms. The molecule has 0 fully saturated rings. The zero-order valence-electron chi connectivity index (χ0n) is 9.84. The molecule has 0 aliphatic rings. The normalized spacial score (nSPS) is 9.24. The van der Waals surface area contributed by atoms with E-state index in [2.05, 4.69) is 0 Å². The molecule has 0 aliphatic carbocycles. The molecule has 5 heteroatoms. The molecule has 0 atom stereocenters. The fraction of sp³-hybridized carbons (Fsp3) is 0.333. The number of rotatable bonds is 4. The summed E-state index contributed by atoms with van der Waals surface area (Å²) in [7, 11) is 3.15.